The maximum absolute atomic E-state index is 12.1. The number of hydrogen-bond acceptors (Lipinski definition) is 1. The number of amides is 1. The number of carbonyl (C=O) groups is 1. The van der Waals surface area contributed by atoms with Crippen LogP contribution in [0.15, 0.2) is 24.3 Å². The molecule has 2 rings (SSSR count). The van der Waals surface area contributed by atoms with Gasteiger partial charge >= 0.3 is 0 Å². The summed E-state index contributed by atoms with van der Waals surface area (Å²) in [6.45, 7) is 2.60. The quantitative estimate of drug-likeness (QED) is 0.537. The van der Waals surface area contributed by atoms with Crippen molar-refractivity contribution in [3.05, 3.63) is 39.9 Å². The van der Waals surface area contributed by atoms with Gasteiger partial charge in [0.1, 0.15) is 0 Å². The molecule has 96 valence electrons. The minimum absolute atomic E-state index is 0.0115. The third-order valence-corrected chi connectivity index (χ3v) is 4.46. The SMILES string of the molecule is CCN1C(=O)C(I)CC=C1c1ccc(Cl)cc1Cl. The van der Waals surface area contributed by atoms with E-state index in [4.69, 9.17) is 23.2 Å². The molecule has 1 amide bonds. The van der Waals surface area contributed by atoms with Crippen LogP contribution < -0.4 is 0 Å². The molecule has 0 saturated heterocycles. The van der Waals surface area contributed by atoms with E-state index in [2.05, 4.69) is 28.7 Å². The Morgan fingerprint density at radius 1 is 1.44 bits per heavy atom. The van der Waals surface area contributed by atoms with E-state index in [1.807, 2.05) is 13.0 Å². The minimum Gasteiger partial charge on any atom is -0.311 e. The molecule has 0 N–H and O–H groups in total. The maximum atomic E-state index is 12.1. The van der Waals surface area contributed by atoms with Crippen LogP contribution in [0.3, 0.4) is 0 Å². The average Bonchev–Trinajstić information content (AvgIpc) is 2.33. The van der Waals surface area contributed by atoms with Crippen molar-refractivity contribution in [1.29, 1.82) is 0 Å². The van der Waals surface area contributed by atoms with Crippen molar-refractivity contribution in [2.45, 2.75) is 17.3 Å². The molecule has 0 spiro atoms. The zero-order chi connectivity index (χ0) is 13.3. The highest BCUT2D eigenvalue weighted by atomic mass is 127. The fourth-order valence-electron chi connectivity index (χ4n) is 1.99. The van der Waals surface area contributed by atoms with Gasteiger partial charge in [0.15, 0.2) is 0 Å². The van der Waals surface area contributed by atoms with E-state index in [9.17, 15) is 4.79 Å². The van der Waals surface area contributed by atoms with Gasteiger partial charge in [-0.25, -0.2) is 0 Å². The molecular weight excluding hydrogens is 384 g/mol. The number of rotatable bonds is 2. The van der Waals surface area contributed by atoms with Crippen molar-refractivity contribution in [1.82, 2.24) is 4.90 Å². The predicted octanol–water partition coefficient (Wildman–Crippen LogP) is 4.39. The van der Waals surface area contributed by atoms with Crippen LogP contribution in [0.1, 0.15) is 18.9 Å². The first-order chi connectivity index (χ1) is 8.54. The van der Waals surface area contributed by atoms with Gasteiger partial charge in [-0.3, -0.25) is 4.79 Å². The van der Waals surface area contributed by atoms with Crippen molar-refractivity contribution in [3.8, 4) is 0 Å². The summed E-state index contributed by atoms with van der Waals surface area (Å²) in [4.78, 5) is 13.9. The third kappa shape index (κ3) is 2.68. The van der Waals surface area contributed by atoms with Crippen molar-refractivity contribution in [2.24, 2.45) is 0 Å². The monoisotopic (exact) mass is 395 g/mol. The summed E-state index contributed by atoms with van der Waals surface area (Å²) in [5.74, 6) is 0.140. The summed E-state index contributed by atoms with van der Waals surface area (Å²) in [6.07, 6.45) is 2.81. The van der Waals surface area contributed by atoms with E-state index in [1.165, 1.54) is 0 Å². The van der Waals surface area contributed by atoms with Gasteiger partial charge in [0.2, 0.25) is 5.91 Å². The summed E-state index contributed by atoms with van der Waals surface area (Å²) in [6, 6.07) is 5.35. The first-order valence-electron chi connectivity index (χ1n) is 5.65. The Morgan fingerprint density at radius 3 is 2.78 bits per heavy atom. The van der Waals surface area contributed by atoms with Gasteiger partial charge in [-0.2, -0.15) is 0 Å². The highest BCUT2D eigenvalue weighted by molar-refractivity contribution is 14.1. The van der Waals surface area contributed by atoms with Gasteiger partial charge < -0.3 is 4.90 Å². The molecule has 1 aromatic carbocycles. The van der Waals surface area contributed by atoms with E-state index in [0.717, 1.165) is 17.7 Å². The lowest BCUT2D eigenvalue weighted by atomic mass is 10.0. The van der Waals surface area contributed by atoms with E-state index in [0.29, 0.717) is 16.6 Å². The fraction of sp³-hybridized carbons (Fsp3) is 0.308. The number of nitrogens with zero attached hydrogens (tertiary/aromatic N) is 1. The molecule has 1 atom stereocenters. The summed E-state index contributed by atoms with van der Waals surface area (Å²) in [7, 11) is 0. The Kier molecular flexibility index (Phi) is 4.56. The second kappa shape index (κ2) is 5.80. The molecule has 0 aliphatic carbocycles. The Hall–Kier alpha value is -0.260. The molecule has 0 saturated carbocycles. The lowest BCUT2D eigenvalue weighted by molar-refractivity contribution is -0.127. The van der Waals surface area contributed by atoms with E-state index >= 15 is 0 Å². The van der Waals surface area contributed by atoms with Gasteiger partial charge in [-0.05, 0) is 31.5 Å². The second-order valence-electron chi connectivity index (χ2n) is 4.00. The molecule has 1 unspecified atom stereocenters. The normalized spacial score (nSPS) is 20.0. The van der Waals surface area contributed by atoms with E-state index in [1.54, 1.807) is 17.0 Å². The smallest absolute Gasteiger partial charge is 0.240 e. The highest BCUT2D eigenvalue weighted by Crippen LogP contribution is 2.33. The molecule has 1 aliphatic heterocycles. The number of carbonyl (C=O) groups excluding carboxylic acids is 1. The Labute approximate surface area is 130 Å². The molecule has 5 heteroatoms. The van der Waals surface area contributed by atoms with Crippen molar-refractivity contribution in [2.75, 3.05) is 6.54 Å². The highest BCUT2D eigenvalue weighted by Gasteiger charge is 2.28. The Bertz CT molecular complexity index is 516. The average molecular weight is 396 g/mol. The Balaban J connectivity index is 2.45. The number of allylic oxidation sites excluding steroid dienone is 1. The van der Waals surface area contributed by atoms with Crippen LogP contribution in [-0.4, -0.2) is 21.3 Å². The van der Waals surface area contributed by atoms with Crippen LogP contribution in [0.25, 0.3) is 5.70 Å². The number of benzene rings is 1. The second-order valence-corrected chi connectivity index (χ2v) is 6.35. The minimum atomic E-state index is 0.0115. The van der Waals surface area contributed by atoms with Crippen LogP contribution in [0.4, 0.5) is 0 Å². The molecule has 1 aromatic rings. The Morgan fingerprint density at radius 2 is 2.17 bits per heavy atom. The largest absolute Gasteiger partial charge is 0.311 e. The molecule has 1 heterocycles. The molecule has 2 nitrogen and oxygen atoms in total. The topological polar surface area (TPSA) is 20.3 Å². The van der Waals surface area contributed by atoms with Gasteiger partial charge in [0, 0.05) is 22.8 Å². The van der Waals surface area contributed by atoms with Crippen LogP contribution in [0.5, 0.6) is 0 Å². The molecule has 18 heavy (non-hydrogen) atoms. The summed E-state index contributed by atoms with van der Waals surface area (Å²) in [5.41, 5.74) is 1.75. The van der Waals surface area contributed by atoms with Gasteiger partial charge in [0.05, 0.1) is 8.95 Å². The summed E-state index contributed by atoms with van der Waals surface area (Å²) >= 11 is 14.3. The van der Waals surface area contributed by atoms with Crippen molar-refractivity contribution >= 4 is 57.4 Å². The van der Waals surface area contributed by atoms with Gasteiger partial charge in [-0.15, -0.1) is 0 Å². The zero-order valence-corrected chi connectivity index (χ0v) is 13.5. The van der Waals surface area contributed by atoms with Gasteiger partial charge in [0.25, 0.3) is 0 Å². The zero-order valence-electron chi connectivity index (χ0n) is 9.79. The van der Waals surface area contributed by atoms with Crippen LogP contribution in [0, 0.1) is 0 Å². The molecule has 0 bridgehead atoms. The molecule has 0 radical (unpaired) electrons. The molecule has 0 aromatic heterocycles. The molecule has 1 aliphatic rings. The first-order valence-corrected chi connectivity index (χ1v) is 7.65. The van der Waals surface area contributed by atoms with Crippen LogP contribution in [-0.2, 0) is 4.79 Å². The van der Waals surface area contributed by atoms with Gasteiger partial charge in [-0.1, -0.05) is 51.9 Å². The van der Waals surface area contributed by atoms with Crippen molar-refractivity contribution < 1.29 is 4.79 Å². The third-order valence-electron chi connectivity index (χ3n) is 2.87. The predicted molar refractivity (Wildman–Crippen MR) is 84.3 cm³/mol. The molecular formula is C13H12Cl2INO. The first kappa shape index (κ1) is 14.2. The van der Waals surface area contributed by atoms with Crippen LogP contribution in [0.2, 0.25) is 10.0 Å². The van der Waals surface area contributed by atoms with Crippen LogP contribution >= 0.6 is 45.8 Å². The fourth-order valence-corrected chi connectivity index (χ4v) is 3.09. The maximum Gasteiger partial charge on any atom is 0.240 e. The number of hydrogen-bond donors (Lipinski definition) is 0. The molecule has 0 fully saturated rings. The lowest BCUT2D eigenvalue weighted by Gasteiger charge is -2.30. The summed E-state index contributed by atoms with van der Waals surface area (Å²) in [5, 5.41) is 1.17. The lowest BCUT2D eigenvalue weighted by Crippen LogP contribution is -2.38. The summed E-state index contributed by atoms with van der Waals surface area (Å²) < 4.78 is 0.0115. The van der Waals surface area contributed by atoms with E-state index in [-0.39, 0.29) is 9.83 Å². The van der Waals surface area contributed by atoms with Crippen molar-refractivity contribution in [3.63, 3.8) is 0 Å². The standard InChI is InChI=1S/C13H12Cl2INO/c1-2-17-12(6-5-11(16)13(17)18)9-4-3-8(14)7-10(9)15/h3-4,6-7,11H,2,5H2,1H3. The number of alkyl halides is 1. The number of halogens is 3. The van der Waals surface area contributed by atoms with E-state index < -0.39 is 0 Å².